The van der Waals surface area contributed by atoms with Crippen molar-refractivity contribution in [2.24, 2.45) is 5.16 Å². The SMILES string of the molecule is CN1CCc2c(-c3cc(F)ccc3F)cc3c(c2C1)NC(=O)/C3=N/O. The summed E-state index contributed by atoms with van der Waals surface area (Å²) < 4.78 is 28.1. The van der Waals surface area contributed by atoms with Crippen molar-refractivity contribution in [2.75, 3.05) is 18.9 Å². The number of amides is 1. The van der Waals surface area contributed by atoms with Crippen molar-refractivity contribution < 1.29 is 18.8 Å². The molecule has 2 aliphatic rings. The predicted molar refractivity (Wildman–Crippen MR) is 88.8 cm³/mol. The largest absolute Gasteiger partial charge is 0.410 e. The zero-order chi connectivity index (χ0) is 17.7. The van der Waals surface area contributed by atoms with Crippen molar-refractivity contribution in [1.82, 2.24) is 4.90 Å². The van der Waals surface area contributed by atoms with Crippen LogP contribution in [0.3, 0.4) is 0 Å². The highest BCUT2D eigenvalue weighted by Crippen LogP contribution is 2.40. The predicted octanol–water partition coefficient (Wildman–Crippen LogP) is 2.75. The number of hydrogen-bond acceptors (Lipinski definition) is 4. The Bertz CT molecular complexity index is 940. The summed E-state index contributed by atoms with van der Waals surface area (Å²) in [7, 11) is 1.95. The van der Waals surface area contributed by atoms with Crippen LogP contribution in [0.15, 0.2) is 29.4 Å². The van der Waals surface area contributed by atoms with Crippen LogP contribution < -0.4 is 5.32 Å². The van der Waals surface area contributed by atoms with Crippen LogP contribution in [0.4, 0.5) is 14.5 Å². The number of nitrogens with one attached hydrogen (secondary N) is 1. The molecule has 4 rings (SSSR count). The van der Waals surface area contributed by atoms with E-state index in [9.17, 15) is 18.8 Å². The van der Waals surface area contributed by atoms with Gasteiger partial charge in [-0.15, -0.1) is 0 Å². The Kier molecular flexibility index (Phi) is 3.54. The van der Waals surface area contributed by atoms with Crippen molar-refractivity contribution in [3.8, 4) is 11.1 Å². The molecule has 0 aliphatic carbocycles. The number of fused-ring (bicyclic) bond motifs is 3. The monoisotopic (exact) mass is 343 g/mol. The molecule has 0 spiro atoms. The summed E-state index contributed by atoms with van der Waals surface area (Å²) in [6.45, 7) is 1.33. The van der Waals surface area contributed by atoms with E-state index in [-0.39, 0.29) is 11.3 Å². The lowest BCUT2D eigenvalue weighted by Crippen LogP contribution is -2.28. The molecule has 2 N–H and O–H groups in total. The third-order valence-electron chi connectivity index (χ3n) is 4.75. The number of likely N-dealkylation sites (N-methyl/N-ethyl adjacent to an activating group) is 1. The molecule has 2 aliphatic heterocycles. The molecular formula is C18H15F2N3O2. The summed E-state index contributed by atoms with van der Waals surface area (Å²) in [5.41, 5.74) is 3.25. The van der Waals surface area contributed by atoms with Gasteiger partial charge < -0.3 is 15.4 Å². The first-order chi connectivity index (χ1) is 12.0. The van der Waals surface area contributed by atoms with Crippen molar-refractivity contribution in [3.63, 3.8) is 0 Å². The standard InChI is InChI=1S/C18H15F2N3O2/c1-23-5-4-10-11(12-6-9(19)2-3-15(12)20)7-13-16(14(10)8-23)21-18(24)17(13)22-25/h2-3,6-7,25H,4-5,8H2,1H3,(H,21,22,24). The molecule has 0 unspecified atom stereocenters. The molecule has 7 heteroatoms. The maximum atomic E-state index is 14.4. The highest BCUT2D eigenvalue weighted by atomic mass is 19.1. The van der Waals surface area contributed by atoms with Crippen LogP contribution in [0.1, 0.15) is 16.7 Å². The molecule has 0 atom stereocenters. The Hall–Kier alpha value is -2.80. The van der Waals surface area contributed by atoms with E-state index in [4.69, 9.17) is 0 Å². The van der Waals surface area contributed by atoms with Crippen LogP contribution in [0.2, 0.25) is 0 Å². The second-order valence-electron chi connectivity index (χ2n) is 6.32. The zero-order valence-corrected chi connectivity index (χ0v) is 13.4. The Balaban J connectivity index is 2.03. The molecule has 0 saturated heterocycles. The van der Waals surface area contributed by atoms with Crippen molar-refractivity contribution in [2.45, 2.75) is 13.0 Å². The molecule has 1 amide bonds. The van der Waals surface area contributed by atoms with Crippen molar-refractivity contribution in [3.05, 3.63) is 52.6 Å². The van der Waals surface area contributed by atoms with E-state index < -0.39 is 17.5 Å². The molecule has 25 heavy (non-hydrogen) atoms. The van der Waals surface area contributed by atoms with Gasteiger partial charge in [0.15, 0.2) is 5.71 Å². The normalized spacial score (nSPS) is 18.2. The average molecular weight is 343 g/mol. The van der Waals surface area contributed by atoms with E-state index in [1.54, 1.807) is 6.07 Å². The first kappa shape index (κ1) is 15.7. The van der Waals surface area contributed by atoms with E-state index in [2.05, 4.69) is 15.4 Å². The van der Waals surface area contributed by atoms with Gasteiger partial charge in [-0.05, 0) is 54.4 Å². The Morgan fingerprint density at radius 2 is 1.96 bits per heavy atom. The van der Waals surface area contributed by atoms with Gasteiger partial charge in [-0.3, -0.25) is 4.79 Å². The average Bonchev–Trinajstić information content (AvgIpc) is 2.91. The van der Waals surface area contributed by atoms with Crippen molar-refractivity contribution >= 4 is 17.3 Å². The molecule has 2 heterocycles. The molecule has 2 aromatic rings. The fourth-order valence-corrected chi connectivity index (χ4v) is 3.56. The van der Waals surface area contributed by atoms with E-state index in [0.717, 1.165) is 35.9 Å². The number of carbonyl (C=O) groups excluding carboxylic acids is 1. The number of anilines is 1. The first-order valence-corrected chi connectivity index (χ1v) is 7.86. The van der Waals surface area contributed by atoms with Crippen molar-refractivity contribution in [1.29, 1.82) is 0 Å². The summed E-state index contributed by atoms with van der Waals surface area (Å²) >= 11 is 0. The number of hydrogen-bond donors (Lipinski definition) is 2. The molecule has 0 radical (unpaired) electrons. The van der Waals surface area contributed by atoms with Gasteiger partial charge >= 0.3 is 0 Å². The minimum absolute atomic E-state index is 0.121. The summed E-state index contributed by atoms with van der Waals surface area (Å²) in [6.07, 6.45) is 0.645. The van der Waals surface area contributed by atoms with Crippen LogP contribution in [0.5, 0.6) is 0 Å². The Labute approximate surface area is 142 Å². The van der Waals surface area contributed by atoms with Crippen LogP contribution in [-0.4, -0.2) is 35.3 Å². The fraction of sp³-hybridized carbons (Fsp3) is 0.222. The fourth-order valence-electron chi connectivity index (χ4n) is 3.56. The molecule has 0 aromatic heterocycles. The molecule has 128 valence electrons. The third kappa shape index (κ3) is 2.39. The lowest BCUT2D eigenvalue weighted by molar-refractivity contribution is -0.110. The first-order valence-electron chi connectivity index (χ1n) is 7.86. The number of nitrogens with zero attached hydrogens (tertiary/aromatic N) is 2. The molecule has 0 saturated carbocycles. The van der Waals surface area contributed by atoms with Crippen LogP contribution in [0.25, 0.3) is 11.1 Å². The lowest BCUT2D eigenvalue weighted by atomic mass is 9.87. The van der Waals surface area contributed by atoms with Gasteiger partial charge in [-0.2, -0.15) is 0 Å². The molecule has 0 fully saturated rings. The van der Waals surface area contributed by atoms with Gasteiger partial charge in [0.1, 0.15) is 11.6 Å². The number of carbonyl (C=O) groups is 1. The van der Waals surface area contributed by atoms with Gasteiger partial charge in [-0.25, -0.2) is 8.78 Å². The van der Waals surface area contributed by atoms with Gasteiger partial charge in [0.2, 0.25) is 0 Å². The second-order valence-corrected chi connectivity index (χ2v) is 6.32. The van der Waals surface area contributed by atoms with E-state index in [1.165, 1.54) is 0 Å². The minimum atomic E-state index is -0.540. The number of rotatable bonds is 1. The van der Waals surface area contributed by atoms with E-state index in [0.29, 0.717) is 29.8 Å². The summed E-state index contributed by atoms with van der Waals surface area (Å²) in [6, 6.07) is 4.90. The van der Waals surface area contributed by atoms with Crippen LogP contribution in [0, 0.1) is 11.6 Å². The highest BCUT2D eigenvalue weighted by molar-refractivity contribution is 6.54. The quantitative estimate of drug-likeness (QED) is 0.618. The summed E-state index contributed by atoms with van der Waals surface area (Å²) in [5, 5.41) is 15.0. The van der Waals surface area contributed by atoms with Gasteiger partial charge in [0.25, 0.3) is 5.91 Å². The second kappa shape index (κ2) is 5.63. The molecule has 2 aromatic carbocycles. The van der Waals surface area contributed by atoms with Gasteiger partial charge in [0.05, 0.1) is 5.69 Å². The number of halogens is 2. The van der Waals surface area contributed by atoms with Gasteiger partial charge in [-0.1, -0.05) is 5.16 Å². The van der Waals surface area contributed by atoms with E-state index in [1.807, 2.05) is 7.05 Å². The smallest absolute Gasteiger partial charge is 0.278 e. The minimum Gasteiger partial charge on any atom is -0.410 e. The third-order valence-corrected chi connectivity index (χ3v) is 4.75. The molecule has 5 nitrogen and oxygen atoms in total. The molecular weight excluding hydrogens is 328 g/mol. The van der Waals surface area contributed by atoms with Crippen LogP contribution in [-0.2, 0) is 17.8 Å². The molecule has 0 bridgehead atoms. The zero-order valence-electron chi connectivity index (χ0n) is 13.4. The Morgan fingerprint density at radius 1 is 1.16 bits per heavy atom. The number of oxime groups is 1. The lowest BCUT2D eigenvalue weighted by Gasteiger charge is -2.29. The number of benzene rings is 2. The maximum Gasteiger partial charge on any atom is 0.278 e. The Morgan fingerprint density at radius 3 is 2.72 bits per heavy atom. The summed E-state index contributed by atoms with van der Waals surface area (Å²) in [4.78, 5) is 14.1. The van der Waals surface area contributed by atoms with Crippen LogP contribution >= 0.6 is 0 Å². The topological polar surface area (TPSA) is 64.9 Å². The maximum absolute atomic E-state index is 14.4. The van der Waals surface area contributed by atoms with E-state index >= 15 is 0 Å². The van der Waals surface area contributed by atoms with Gasteiger partial charge in [0, 0.05) is 24.2 Å². The summed E-state index contributed by atoms with van der Waals surface area (Å²) in [5.74, 6) is -1.59. The highest BCUT2D eigenvalue weighted by Gasteiger charge is 2.33.